The smallest absolute Gasteiger partial charge is 0.251 e. The third-order valence-electron chi connectivity index (χ3n) is 7.90. The summed E-state index contributed by atoms with van der Waals surface area (Å²) in [7, 11) is 4.35. The van der Waals surface area contributed by atoms with Crippen LogP contribution in [0.15, 0.2) is 28.4 Å². The quantitative estimate of drug-likeness (QED) is 0.506. The molecule has 1 fully saturated rings. The number of nitrogens with zero attached hydrogens (tertiary/aromatic N) is 3. The molecule has 1 aliphatic heterocycles. The lowest BCUT2D eigenvalue weighted by Crippen LogP contribution is -2.42. The molecule has 6 heteroatoms. The highest BCUT2D eigenvalue weighted by atomic mass is 35.5. The number of hydrogen-bond acceptors (Lipinski definition) is 4. The Morgan fingerprint density at radius 2 is 1.76 bits per heavy atom. The van der Waals surface area contributed by atoms with Crippen molar-refractivity contribution in [3.8, 4) is 0 Å². The SMILES string of the molecule is CCN(c1cc(Cl)cc(C(=O)NCC2=C(C)C(C)CC(C)C=N2)c1C)C1CCC(N(C)C)CC1. The Labute approximate surface area is 211 Å². The Morgan fingerprint density at radius 3 is 2.38 bits per heavy atom. The predicted molar refractivity (Wildman–Crippen MR) is 145 cm³/mol. The molecule has 1 heterocycles. The maximum atomic E-state index is 13.3. The Hall–Kier alpha value is -1.85. The number of nitrogens with one attached hydrogen (secondary N) is 1. The van der Waals surface area contributed by atoms with Crippen molar-refractivity contribution in [1.29, 1.82) is 0 Å². The molecule has 0 spiro atoms. The van der Waals surface area contributed by atoms with E-state index in [-0.39, 0.29) is 5.91 Å². The number of allylic oxidation sites excluding steroid dienone is 1. The number of hydrogen-bond donors (Lipinski definition) is 1. The van der Waals surface area contributed by atoms with Crippen LogP contribution in [0, 0.1) is 18.8 Å². The highest BCUT2D eigenvalue weighted by Crippen LogP contribution is 2.34. The summed E-state index contributed by atoms with van der Waals surface area (Å²) in [6, 6.07) is 4.97. The van der Waals surface area contributed by atoms with E-state index in [4.69, 9.17) is 11.6 Å². The molecular formula is C28H43ClN4O. The molecular weight excluding hydrogens is 444 g/mol. The van der Waals surface area contributed by atoms with Crippen LogP contribution in [0.1, 0.15) is 75.7 Å². The zero-order valence-electron chi connectivity index (χ0n) is 22.1. The van der Waals surface area contributed by atoms with E-state index in [0.717, 1.165) is 42.8 Å². The fourth-order valence-electron chi connectivity index (χ4n) is 5.55. The van der Waals surface area contributed by atoms with Crippen LogP contribution < -0.4 is 10.2 Å². The summed E-state index contributed by atoms with van der Waals surface area (Å²) in [6.07, 6.45) is 7.83. The van der Waals surface area contributed by atoms with Gasteiger partial charge in [-0.1, -0.05) is 25.4 Å². The van der Waals surface area contributed by atoms with Gasteiger partial charge in [-0.25, -0.2) is 0 Å². The molecule has 2 atom stereocenters. The van der Waals surface area contributed by atoms with Gasteiger partial charge in [-0.3, -0.25) is 9.79 Å². The van der Waals surface area contributed by atoms with Gasteiger partial charge in [-0.2, -0.15) is 0 Å². The second kappa shape index (κ2) is 11.7. The lowest BCUT2D eigenvalue weighted by atomic mass is 9.89. The van der Waals surface area contributed by atoms with Crippen molar-refractivity contribution < 1.29 is 4.79 Å². The Morgan fingerprint density at radius 1 is 1.12 bits per heavy atom. The molecule has 0 bridgehead atoms. The van der Waals surface area contributed by atoms with E-state index < -0.39 is 0 Å². The zero-order valence-corrected chi connectivity index (χ0v) is 22.9. The van der Waals surface area contributed by atoms with Crippen molar-refractivity contribution >= 4 is 29.4 Å². The molecule has 0 saturated heterocycles. The molecule has 0 aromatic heterocycles. The normalized spacial score (nSPS) is 25.4. The van der Waals surface area contributed by atoms with E-state index in [9.17, 15) is 4.79 Å². The molecule has 1 N–H and O–H groups in total. The van der Waals surface area contributed by atoms with Crippen LogP contribution >= 0.6 is 11.6 Å². The molecule has 1 saturated carbocycles. The van der Waals surface area contributed by atoms with Gasteiger partial charge in [0, 0.05) is 41.1 Å². The van der Waals surface area contributed by atoms with Crippen molar-refractivity contribution in [2.24, 2.45) is 16.8 Å². The molecule has 3 rings (SSSR count). The van der Waals surface area contributed by atoms with E-state index in [2.05, 4.69) is 61.9 Å². The minimum absolute atomic E-state index is 0.0888. The highest BCUT2D eigenvalue weighted by molar-refractivity contribution is 6.31. The number of aliphatic imine (C=N–C) groups is 1. The monoisotopic (exact) mass is 486 g/mol. The summed E-state index contributed by atoms with van der Waals surface area (Å²) in [5.41, 5.74) is 4.96. The van der Waals surface area contributed by atoms with E-state index >= 15 is 0 Å². The number of amides is 1. The lowest BCUT2D eigenvalue weighted by Gasteiger charge is -2.40. The first kappa shape index (κ1) is 26.7. The number of halogens is 1. The van der Waals surface area contributed by atoms with Gasteiger partial charge in [0.2, 0.25) is 0 Å². The fourth-order valence-corrected chi connectivity index (χ4v) is 5.77. The number of carbonyl (C=O) groups excluding carboxylic acids is 1. The second-order valence-electron chi connectivity index (χ2n) is 10.5. The molecule has 34 heavy (non-hydrogen) atoms. The molecule has 1 amide bonds. The van der Waals surface area contributed by atoms with Gasteiger partial charge in [-0.15, -0.1) is 0 Å². The topological polar surface area (TPSA) is 47.9 Å². The van der Waals surface area contributed by atoms with E-state index in [0.29, 0.717) is 41.1 Å². The van der Waals surface area contributed by atoms with Crippen molar-refractivity contribution in [2.45, 2.75) is 78.8 Å². The third-order valence-corrected chi connectivity index (χ3v) is 8.12. The molecule has 5 nitrogen and oxygen atoms in total. The first-order chi connectivity index (χ1) is 16.1. The van der Waals surface area contributed by atoms with Gasteiger partial charge in [0.05, 0.1) is 12.2 Å². The predicted octanol–water partition coefficient (Wildman–Crippen LogP) is 6.10. The Kier molecular flexibility index (Phi) is 9.22. The molecule has 1 aromatic rings. The molecule has 2 aliphatic rings. The molecule has 188 valence electrons. The lowest BCUT2D eigenvalue weighted by molar-refractivity contribution is 0.0956. The van der Waals surface area contributed by atoms with E-state index in [1.54, 1.807) is 6.07 Å². The summed E-state index contributed by atoms with van der Waals surface area (Å²) in [6.45, 7) is 12.1. The molecule has 0 radical (unpaired) electrons. The van der Waals surface area contributed by atoms with Gasteiger partial charge in [-0.05, 0) is 102 Å². The number of rotatable bonds is 7. The van der Waals surface area contributed by atoms with Crippen LogP contribution in [0.3, 0.4) is 0 Å². The van der Waals surface area contributed by atoms with Crippen molar-refractivity contribution in [2.75, 3.05) is 32.1 Å². The number of benzene rings is 1. The first-order valence-electron chi connectivity index (χ1n) is 12.9. The largest absolute Gasteiger partial charge is 0.369 e. The van der Waals surface area contributed by atoms with Gasteiger partial charge in [0.1, 0.15) is 0 Å². The van der Waals surface area contributed by atoms with E-state index in [1.165, 1.54) is 18.4 Å². The van der Waals surface area contributed by atoms with Gasteiger partial charge in [0.25, 0.3) is 5.91 Å². The summed E-state index contributed by atoms with van der Waals surface area (Å²) < 4.78 is 0. The summed E-state index contributed by atoms with van der Waals surface area (Å²) in [4.78, 5) is 22.8. The molecule has 2 unspecified atom stereocenters. The van der Waals surface area contributed by atoms with Crippen LogP contribution in [-0.4, -0.2) is 56.3 Å². The van der Waals surface area contributed by atoms with Crippen molar-refractivity contribution in [3.05, 3.63) is 39.6 Å². The van der Waals surface area contributed by atoms with Crippen LogP contribution in [-0.2, 0) is 0 Å². The van der Waals surface area contributed by atoms with E-state index in [1.807, 2.05) is 19.2 Å². The number of carbonyl (C=O) groups is 1. The second-order valence-corrected chi connectivity index (χ2v) is 11.0. The third kappa shape index (κ3) is 6.23. The fraction of sp³-hybridized carbons (Fsp3) is 0.643. The van der Waals surface area contributed by atoms with Crippen molar-refractivity contribution in [1.82, 2.24) is 10.2 Å². The van der Waals surface area contributed by atoms with Crippen LogP contribution in [0.4, 0.5) is 5.69 Å². The van der Waals surface area contributed by atoms with Gasteiger partial charge >= 0.3 is 0 Å². The number of anilines is 1. The Bertz CT molecular complexity index is 931. The minimum Gasteiger partial charge on any atom is -0.369 e. The van der Waals surface area contributed by atoms with Crippen molar-refractivity contribution in [3.63, 3.8) is 0 Å². The maximum Gasteiger partial charge on any atom is 0.251 e. The summed E-state index contributed by atoms with van der Waals surface area (Å²) in [5, 5.41) is 3.73. The first-order valence-corrected chi connectivity index (χ1v) is 13.2. The van der Waals surface area contributed by atoms with Crippen LogP contribution in [0.25, 0.3) is 0 Å². The molecule has 1 aromatic carbocycles. The maximum absolute atomic E-state index is 13.3. The summed E-state index contributed by atoms with van der Waals surface area (Å²) in [5.74, 6) is 0.822. The average molecular weight is 487 g/mol. The van der Waals surface area contributed by atoms with Gasteiger partial charge in [0.15, 0.2) is 0 Å². The molecule has 1 aliphatic carbocycles. The average Bonchev–Trinajstić information content (AvgIpc) is 2.92. The highest BCUT2D eigenvalue weighted by Gasteiger charge is 2.28. The van der Waals surface area contributed by atoms with Crippen LogP contribution in [0.2, 0.25) is 5.02 Å². The van der Waals surface area contributed by atoms with Gasteiger partial charge < -0.3 is 15.1 Å². The zero-order chi connectivity index (χ0) is 25.0. The minimum atomic E-state index is -0.0888. The standard InChI is InChI=1S/C28H43ClN4O/c1-8-33(24-11-9-23(10-12-24)32(6)7)27-15-22(29)14-25(21(27)5)28(34)31-17-26-20(4)19(3)13-18(2)16-30-26/h14-16,18-19,23-24H,8-13,17H2,1-7H3,(H,31,34). The summed E-state index contributed by atoms with van der Waals surface area (Å²) >= 11 is 6.55. The Balaban J connectivity index is 1.78. The van der Waals surface area contributed by atoms with Crippen LogP contribution in [0.5, 0.6) is 0 Å².